The second-order valence-electron chi connectivity index (χ2n) is 9.72. The molecular weight excluding hydrogens is 524 g/mol. The predicted octanol–water partition coefficient (Wildman–Crippen LogP) is 4.96. The number of amides is 1. The number of nitrogens with zero attached hydrogens (tertiary/aromatic N) is 4. The molecule has 1 amide bonds. The lowest BCUT2D eigenvalue weighted by molar-refractivity contribution is -0.119. The topological polar surface area (TPSA) is 93.5 Å². The quantitative estimate of drug-likeness (QED) is 0.294. The molecule has 1 aliphatic rings. The molecule has 206 valence electrons. The summed E-state index contributed by atoms with van der Waals surface area (Å²) in [6.45, 7) is 6.18. The maximum Gasteiger partial charge on any atom is 0.250 e. The van der Waals surface area contributed by atoms with Crippen molar-refractivity contribution >= 4 is 34.6 Å². The molecule has 3 aromatic heterocycles. The third-order valence-electron chi connectivity index (χ3n) is 7.03. The van der Waals surface area contributed by atoms with E-state index in [0.29, 0.717) is 16.5 Å². The number of benzene rings is 1. The Hall–Kier alpha value is -4.28. The molecule has 1 fully saturated rings. The van der Waals surface area contributed by atoms with Gasteiger partial charge in [0.2, 0.25) is 5.91 Å². The first-order valence-electron chi connectivity index (χ1n) is 12.9. The highest BCUT2D eigenvalue weighted by Gasteiger charge is 2.42. The van der Waals surface area contributed by atoms with Crippen LogP contribution in [0.5, 0.6) is 5.75 Å². The van der Waals surface area contributed by atoms with Crippen molar-refractivity contribution in [3.8, 4) is 11.6 Å². The van der Waals surface area contributed by atoms with Crippen LogP contribution in [0.4, 0.5) is 11.4 Å². The summed E-state index contributed by atoms with van der Waals surface area (Å²) < 4.78 is 12.7. The van der Waals surface area contributed by atoms with Crippen LogP contribution >= 0.6 is 12.2 Å². The molecule has 10 heteroatoms. The number of hydrogen-bond donors (Lipinski definition) is 2. The largest absolute Gasteiger partial charge is 0.495 e. The summed E-state index contributed by atoms with van der Waals surface area (Å²) in [5, 5.41) is 6.95. The van der Waals surface area contributed by atoms with Crippen molar-refractivity contribution in [2.75, 3.05) is 31.0 Å². The zero-order valence-electron chi connectivity index (χ0n) is 23.1. The number of anilines is 2. The minimum atomic E-state index is -0.280. The first kappa shape index (κ1) is 27.3. The van der Waals surface area contributed by atoms with Crippen molar-refractivity contribution in [1.82, 2.24) is 19.9 Å². The lowest BCUT2D eigenvalue weighted by atomic mass is 9.96. The molecule has 1 saturated heterocycles. The van der Waals surface area contributed by atoms with Crippen molar-refractivity contribution in [3.05, 3.63) is 95.2 Å². The van der Waals surface area contributed by atoms with Gasteiger partial charge >= 0.3 is 0 Å². The van der Waals surface area contributed by atoms with Crippen LogP contribution in [0.25, 0.3) is 5.82 Å². The number of rotatable bonds is 8. The van der Waals surface area contributed by atoms with Gasteiger partial charge in [0.25, 0.3) is 0 Å². The summed E-state index contributed by atoms with van der Waals surface area (Å²) in [6, 6.07) is 17.3. The van der Waals surface area contributed by atoms with Gasteiger partial charge in [0.05, 0.1) is 30.6 Å². The van der Waals surface area contributed by atoms with Gasteiger partial charge in [0.15, 0.2) is 5.11 Å². The van der Waals surface area contributed by atoms with E-state index in [2.05, 4.69) is 63.0 Å². The molecule has 5 rings (SSSR count). The Morgan fingerprint density at radius 2 is 1.88 bits per heavy atom. The predicted molar refractivity (Wildman–Crippen MR) is 159 cm³/mol. The van der Waals surface area contributed by atoms with Crippen molar-refractivity contribution in [3.63, 3.8) is 0 Å². The van der Waals surface area contributed by atoms with E-state index in [0.717, 1.165) is 39.7 Å². The molecule has 9 nitrogen and oxygen atoms in total. The van der Waals surface area contributed by atoms with Gasteiger partial charge in [-0.25, -0.2) is 4.98 Å². The third-order valence-corrected chi connectivity index (χ3v) is 7.34. The summed E-state index contributed by atoms with van der Waals surface area (Å²) in [5.74, 6) is 1.12. The van der Waals surface area contributed by atoms with E-state index >= 15 is 0 Å². The molecule has 2 N–H and O–H groups in total. The molecule has 2 atom stereocenters. The Morgan fingerprint density at radius 3 is 2.58 bits per heavy atom. The van der Waals surface area contributed by atoms with E-state index in [9.17, 15) is 4.79 Å². The molecule has 0 bridgehead atoms. The highest BCUT2D eigenvalue weighted by atomic mass is 32.1. The fraction of sp³-hybridized carbons (Fsp3) is 0.267. The van der Waals surface area contributed by atoms with Crippen LogP contribution in [0.15, 0.2) is 67.0 Å². The monoisotopic (exact) mass is 556 g/mol. The zero-order valence-corrected chi connectivity index (χ0v) is 24.0. The lowest BCUT2D eigenvalue weighted by Crippen LogP contribution is -2.29. The van der Waals surface area contributed by atoms with Gasteiger partial charge in [-0.2, -0.15) is 0 Å². The number of carbonyl (C=O) groups excluding carboxylic acids is 1. The Balaban J connectivity index is 1.65. The summed E-state index contributed by atoms with van der Waals surface area (Å²) in [5.41, 5.74) is 6.54. The van der Waals surface area contributed by atoms with Gasteiger partial charge in [-0.15, -0.1) is 0 Å². The van der Waals surface area contributed by atoms with Crippen molar-refractivity contribution in [2.45, 2.75) is 32.9 Å². The average Bonchev–Trinajstić information content (AvgIpc) is 3.44. The first-order chi connectivity index (χ1) is 19.3. The van der Waals surface area contributed by atoms with Gasteiger partial charge in [-0.1, -0.05) is 6.07 Å². The van der Waals surface area contributed by atoms with Gasteiger partial charge in [-0.05, 0) is 92.6 Å². The van der Waals surface area contributed by atoms with E-state index in [1.807, 2.05) is 48.7 Å². The van der Waals surface area contributed by atoms with Gasteiger partial charge in [-0.3, -0.25) is 9.78 Å². The number of thiocarbonyl (C=S) groups is 1. The number of aromatic nitrogens is 3. The number of aryl methyl sites for hydroxylation is 2. The molecule has 1 aliphatic heterocycles. The normalized spacial score (nSPS) is 16.6. The second-order valence-corrected chi connectivity index (χ2v) is 10.1. The van der Waals surface area contributed by atoms with Gasteiger partial charge in [0, 0.05) is 36.6 Å². The van der Waals surface area contributed by atoms with E-state index in [1.54, 1.807) is 13.3 Å². The maximum absolute atomic E-state index is 12.4. The number of hydrogen-bond acceptors (Lipinski definition) is 6. The lowest BCUT2D eigenvalue weighted by Gasteiger charge is -2.29. The molecule has 0 aliphatic carbocycles. The number of carbonyl (C=O) groups is 1. The molecule has 1 aromatic carbocycles. The van der Waals surface area contributed by atoms with Crippen LogP contribution in [0, 0.1) is 20.8 Å². The average molecular weight is 557 g/mol. The molecule has 4 aromatic rings. The molecule has 0 unspecified atom stereocenters. The van der Waals surface area contributed by atoms with E-state index in [1.165, 1.54) is 7.11 Å². The molecule has 4 heterocycles. The highest BCUT2D eigenvalue weighted by Crippen LogP contribution is 2.45. The molecule has 0 spiro atoms. The standard InChI is InChI=1S/C30H32N6O3S/c1-18-11-13-32-26(14-18)35-19(2)15-22(20(35)3)29-28(23-8-6-7-12-31-23)34-30(40)36(29)21-9-10-25(39-5)24(16-21)33-27(37)17-38-4/h6-16,28-29H,17H2,1-5H3,(H,33,37)(H,34,40)/t28-,29+/m1/s1. The van der Waals surface area contributed by atoms with Crippen LogP contribution in [0.3, 0.4) is 0 Å². The Kier molecular flexibility index (Phi) is 7.81. The number of ether oxygens (including phenoxy) is 2. The van der Waals surface area contributed by atoms with Crippen LogP contribution < -0.4 is 20.3 Å². The summed E-state index contributed by atoms with van der Waals surface area (Å²) in [6.07, 6.45) is 3.62. The smallest absolute Gasteiger partial charge is 0.250 e. The minimum absolute atomic E-state index is 0.0690. The first-order valence-corrected chi connectivity index (χ1v) is 13.3. The van der Waals surface area contributed by atoms with Gasteiger partial charge in [0.1, 0.15) is 18.2 Å². The minimum Gasteiger partial charge on any atom is -0.495 e. The second kappa shape index (κ2) is 11.4. The SMILES string of the molecule is COCC(=O)Nc1cc(N2C(=S)N[C@H](c3ccccn3)[C@@H]2c2cc(C)n(-c3cc(C)ccn3)c2C)ccc1OC. The van der Waals surface area contributed by atoms with Crippen LogP contribution in [0.1, 0.15) is 40.3 Å². The maximum atomic E-state index is 12.4. The van der Waals surface area contributed by atoms with Crippen LogP contribution in [0.2, 0.25) is 0 Å². The van der Waals surface area contributed by atoms with Crippen molar-refractivity contribution < 1.29 is 14.3 Å². The molecular formula is C30H32N6O3S. The Bertz CT molecular complexity index is 1550. The zero-order chi connectivity index (χ0) is 28.4. The summed E-state index contributed by atoms with van der Waals surface area (Å²) in [4.78, 5) is 23.8. The van der Waals surface area contributed by atoms with E-state index in [4.69, 9.17) is 21.7 Å². The third kappa shape index (κ3) is 5.15. The van der Waals surface area contributed by atoms with Gasteiger partial charge < -0.3 is 29.6 Å². The van der Waals surface area contributed by atoms with E-state index in [-0.39, 0.29) is 24.6 Å². The highest BCUT2D eigenvalue weighted by molar-refractivity contribution is 7.80. The fourth-order valence-corrected chi connectivity index (χ4v) is 5.64. The molecule has 0 saturated carbocycles. The molecule has 40 heavy (non-hydrogen) atoms. The fourth-order valence-electron chi connectivity index (χ4n) is 5.29. The Labute approximate surface area is 239 Å². The van der Waals surface area contributed by atoms with Crippen molar-refractivity contribution in [1.29, 1.82) is 0 Å². The summed E-state index contributed by atoms with van der Waals surface area (Å²) >= 11 is 5.93. The van der Waals surface area contributed by atoms with Crippen LogP contribution in [-0.2, 0) is 9.53 Å². The van der Waals surface area contributed by atoms with Crippen LogP contribution in [-0.4, -0.2) is 46.4 Å². The molecule has 0 radical (unpaired) electrons. The van der Waals surface area contributed by atoms with Crippen molar-refractivity contribution in [2.24, 2.45) is 0 Å². The summed E-state index contributed by atoms with van der Waals surface area (Å²) in [7, 11) is 3.05. The Morgan fingerprint density at radius 1 is 1.05 bits per heavy atom. The number of nitrogens with one attached hydrogen (secondary N) is 2. The number of pyridine rings is 2. The number of methoxy groups -OCH3 is 2. The van der Waals surface area contributed by atoms with E-state index < -0.39 is 0 Å².